The van der Waals surface area contributed by atoms with E-state index < -0.39 is 0 Å². The summed E-state index contributed by atoms with van der Waals surface area (Å²) in [6, 6.07) is 6.10. The van der Waals surface area contributed by atoms with Gasteiger partial charge in [0.1, 0.15) is 39.9 Å². The molecule has 168 valence electrons. The van der Waals surface area contributed by atoms with E-state index in [1.807, 2.05) is 26.0 Å². The standard InChI is InChI=1S/C27H30O5/c1-26(2)11-10-19-23(31-26)14-22(29-6)20-13-16(15-30-24(19)20)17-7-8-21(28-5)18-9-12-27(3,4)32-25(17)18/h7-12,14,16H,13,15H2,1-6H3/t16-/m1/s1. The fourth-order valence-electron chi connectivity index (χ4n) is 4.69. The van der Waals surface area contributed by atoms with Gasteiger partial charge in [-0.05, 0) is 64.5 Å². The van der Waals surface area contributed by atoms with Crippen LogP contribution in [0.5, 0.6) is 28.7 Å². The van der Waals surface area contributed by atoms with E-state index in [1.165, 1.54) is 0 Å². The van der Waals surface area contributed by atoms with E-state index in [0.29, 0.717) is 6.61 Å². The second-order valence-corrected chi connectivity index (χ2v) is 9.69. The summed E-state index contributed by atoms with van der Waals surface area (Å²) in [7, 11) is 3.38. The Bertz CT molecular complexity index is 1140. The van der Waals surface area contributed by atoms with Gasteiger partial charge in [0.25, 0.3) is 0 Å². The molecule has 0 saturated carbocycles. The highest BCUT2D eigenvalue weighted by Crippen LogP contribution is 2.50. The molecule has 0 bridgehead atoms. The normalized spacial score (nSPS) is 21.2. The minimum atomic E-state index is -0.382. The van der Waals surface area contributed by atoms with Crippen molar-refractivity contribution in [2.75, 3.05) is 20.8 Å². The molecule has 0 radical (unpaired) electrons. The van der Waals surface area contributed by atoms with Crippen molar-refractivity contribution in [3.8, 4) is 28.7 Å². The third-order valence-corrected chi connectivity index (χ3v) is 6.33. The summed E-state index contributed by atoms with van der Waals surface area (Å²) in [5.74, 6) is 4.24. The van der Waals surface area contributed by atoms with Crippen LogP contribution in [0.3, 0.4) is 0 Å². The third kappa shape index (κ3) is 3.40. The second kappa shape index (κ2) is 7.22. The van der Waals surface area contributed by atoms with Crippen molar-refractivity contribution < 1.29 is 23.7 Å². The molecule has 5 nitrogen and oxygen atoms in total. The summed E-state index contributed by atoms with van der Waals surface area (Å²) in [4.78, 5) is 0. The Kier molecular flexibility index (Phi) is 4.70. The van der Waals surface area contributed by atoms with E-state index in [2.05, 4.69) is 44.2 Å². The Balaban J connectivity index is 1.57. The average Bonchev–Trinajstić information content (AvgIpc) is 2.75. The smallest absolute Gasteiger partial charge is 0.137 e. The van der Waals surface area contributed by atoms with Crippen LogP contribution in [0, 0.1) is 0 Å². The summed E-state index contributed by atoms with van der Waals surface area (Å²) in [5, 5.41) is 0. The highest BCUT2D eigenvalue weighted by atomic mass is 16.5. The lowest BCUT2D eigenvalue weighted by molar-refractivity contribution is 0.151. The lowest BCUT2D eigenvalue weighted by Crippen LogP contribution is -2.30. The summed E-state index contributed by atoms with van der Waals surface area (Å²) in [5.41, 5.74) is 3.40. The molecular weight excluding hydrogens is 404 g/mol. The van der Waals surface area contributed by atoms with Gasteiger partial charge >= 0.3 is 0 Å². The number of fused-ring (bicyclic) bond motifs is 4. The zero-order valence-corrected chi connectivity index (χ0v) is 19.6. The fourth-order valence-corrected chi connectivity index (χ4v) is 4.69. The van der Waals surface area contributed by atoms with Gasteiger partial charge in [-0.1, -0.05) is 6.07 Å². The molecule has 32 heavy (non-hydrogen) atoms. The number of benzene rings is 2. The fraction of sp³-hybridized carbons (Fsp3) is 0.407. The molecule has 0 amide bonds. The first-order valence-electron chi connectivity index (χ1n) is 11.1. The first kappa shape index (κ1) is 20.8. The summed E-state index contributed by atoms with van der Waals surface area (Å²) >= 11 is 0. The first-order chi connectivity index (χ1) is 15.2. The molecule has 5 rings (SSSR count). The van der Waals surface area contributed by atoms with Gasteiger partial charge in [0.2, 0.25) is 0 Å². The van der Waals surface area contributed by atoms with Crippen LogP contribution in [-0.2, 0) is 6.42 Å². The van der Waals surface area contributed by atoms with E-state index in [9.17, 15) is 0 Å². The molecule has 0 unspecified atom stereocenters. The van der Waals surface area contributed by atoms with Crippen LogP contribution < -0.4 is 23.7 Å². The number of methoxy groups -OCH3 is 2. The first-order valence-corrected chi connectivity index (χ1v) is 11.1. The topological polar surface area (TPSA) is 46.2 Å². The molecule has 0 N–H and O–H groups in total. The lowest BCUT2D eigenvalue weighted by Gasteiger charge is -2.35. The maximum absolute atomic E-state index is 6.42. The van der Waals surface area contributed by atoms with Gasteiger partial charge in [-0.25, -0.2) is 0 Å². The second-order valence-electron chi connectivity index (χ2n) is 9.69. The van der Waals surface area contributed by atoms with E-state index >= 15 is 0 Å². The highest BCUT2D eigenvalue weighted by Gasteiger charge is 2.35. The molecule has 0 spiro atoms. The van der Waals surface area contributed by atoms with Crippen molar-refractivity contribution >= 4 is 12.2 Å². The zero-order chi connectivity index (χ0) is 22.7. The zero-order valence-electron chi connectivity index (χ0n) is 19.6. The van der Waals surface area contributed by atoms with Crippen molar-refractivity contribution in [1.82, 2.24) is 0 Å². The Morgan fingerprint density at radius 2 is 1.53 bits per heavy atom. The summed E-state index contributed by atoms with van der Waals surface area (Å²) < 4.78 is 30.3. The number of hydrogen-bond acceptors (Lipinski definition) is 5. The molecule has 3 aliphatic rings. The molecule has 5 heteroatoms. The van der Waals surface area contributed by atoms with Crippen LogP contribution in [0.15, 0.2) is 30.4 Å². The number of rotatable bonds is 3. The molecule has 2 aromatic rings. The van der Waals surface area contributed by atoms with Gasteiger partial charge in [0, 0.05) is 23.1 Å². The van der Waals surface area contributed by atoms with E-state index in [4.69, 9.17) is 23.7 Å². The maximum Gasteiger partial charge on any atom is 0.137 e. The number of hydrogen-bond donors (Lipinski definition) is 0. The van der Waals surface area contributed by atoms with Crippen LogP contribution in [0.4, 0.5) is 0 Å². The monoisotopic (exact) mass is 434 g/mol. The molecule has 0 aromatic heterocycles. The van der Waals surface area contributed by atoms with Crippen molar-refractivity contribution in [3.63, 3.8) is 0 Å². The molecular formula is C27H30O5. The SMILES string of the molecule is COc1ccc([C@H]2COc3c4c(cc(OC)c3C2)OC(C)(C)C=C4)c2c1C=CC(C)(C)O2. The minimum absolute atomic E-state index is 0.126. The third-order valence-electron chi connectivity index (χ3n) is 6.33. The van der Waals surface area contributed by atoms with Crippen LogP contribution in [0.1, 0.15) is 55.9 Å². The molecule has 1 atom stereocenters. The van der Waals surface area contributed by atoms with Crippen molar-refractivity contribution in [2.24, 2.45) is 0 Å². The Labute approximate surface area is 189 Å². The quantitative estimate of drug-likeness (QED) is 0.612. The van der Waals surface area contributed by atoms with E-state index in [1.54, 1.807) is 14.2 Å². The summed E-state index contributed by atoms with van der Waals surface area (Å²) in [6.45, 7) is 8.75. The molecule has 0 aliphatic carbocycles. The Morgan fingerprint density at radius 3 is 2.25 bits per heavy atom. The van der Waals surface area contributed by atoms with Crippen LogP contribution >= 0.6 is 0 Å². The van der Waals surface area contributed by atoms with Crippen molar-refractivity contribution in [1.29, 1.82) is 0 Å². The van der Waals surface area contributed by atoms with Gasteiger partial charge in [-0.3, -0.25) is 0 Å². The van der Waals surface area contributed by atoms with E-state index in [0.717, 1.165) is 57.4 Å². The predicted molar refractivity (Wildman–Crippen MR) is 125 cm³/mol. The molecule has 3 heterocycles. The Hall–Kier alpha value is -3.08. The van der Waals surface area contributed by atoms with Crippen molar-refractivity contribution in [3.05, 3.63) is 52.6 Å². The largest absolute Gasteiger partial charge is 0.496 e. The Morgan fingerprint density at radius 1 is 0.844 bits per heavy atom. The summed E-state index contributed by atoms with van der Waals surface area (Å²) in [6.07, 6.45) is 9.12. The molecule has 3 aliphatic heterocycles. The van der Waals surface area contributed by atoms with Gasteiger partial charge in [0.05, 0.1) is 32.0 Å². The van der Waals surface area contributed by atoms with Crippen molar-refractivity contribution in [2.45, 2.75) is 51.2 Å². The van der Waals surface area contributed by atoms with Gasteiger partial charge in [-0.15, -0.1) is 0 Å². The molecule has 2 aromatic carbocycles. The van der Waals surface area contributed by atoms with Crippen LogP contribution in [0.25, 0.3) is 12.2 Å². The van der Waals surface area contributed by atoms with Crippen LogP contribution in [-0.4, -0.2) is 32.0 Å². The highest BCUT2D eigenvalue weighted by molar-refractivity contribution is 5.73. The van der Waals surface area contributed by atoms with Gasteiger partial charge in [-0.2, -0.15) is 0 Å². The van der Waals surface area contributed by atoms with Crippen LogP contribution in [0.2, 0.25) is 0 Å². The minimum Gasteiger partial charge on any atom is -0.496 e. The maximum atomic E-state index is 6.42. The lowest BCUT2D eigenvalue weighted by atomic mass is 9.85. The van der Waals surface area contributed by atoms with Gasteiger partial charge in [0.15, 0.2) is 0 Å². The van der Waals surface area contributed by atoms with E-state index in [-0.39, 0.29) is 17.1 Å². The number of ether oxygens (including phenoxy) is 5. The molecule has 0 saturated heterocycles. The molecule has 0 fully saturated rings. The predicted octanol–water partition coefficient (Wildman–Crippen LogP) is 5.79. The van der Waals surface area contributed by atoms with Gasteiger partial charge < -0.3 is 23.7 Å². The average molecular weight is 435 g/mol.